The van der Waals surface area contributed by atoms with Crippen LogP contribution in [0.15, 0.2) is 24.3 Å². The fourth-order valence-corrected chi connectivity index (χ4v) is 2.01. The highest BCUT2D eigenvalue weighted by Gasteiger charge is 2.26. The van der Waals surface area contributed by atoms with Gasteiger partial charge < -0.3 is 10.1 Å². The van der Waals surface area contributed by atoms with Gasteiger partial charge in [-0.2, -0.15) is 0 Å². The standard InChI is InChI=1S/C15H20FNO2/c16-14-7-1-4-12(10-14)11-17-8-3-9-19-15(18)13-5-2-6-13/h1,4,7,10,13,17H,2-3,5-6,8-9,11H2. The van der Waals surface area contributed by atoms with E-state index in [9.17, 15) is 9.18 Å². The van der Waals surface area contributed by atoms with Crippen LogP contribution in [0.4, 0.5) is 4.39 Å². The topological polar surface area (TPSA) is 38.3 Å². The van der Waals surface area contributed by atoms with Crippen LogP contribution in [0.5, 0.6) is 0 Å². The van der Waals surface area contributed by atoms with Crippen LogP contribution in [0.1, 0.15) is 31.2 Å². The SMILES string of the molecule is O=C(OCCCNCc1cccc(F)c1)C1CCC1. The second-order valence-corrected chi connectivity index (χ2v) is 4.96. The molecule has 1 aliphatic rings. The van der Waals surface area contributed by atoms with E-state index in [1.807, 2.05) is 6.07 Å². The molecule has 3 nitrogen and oxygen atoms in total. The Hall–Kier alpha value is -1.42. The van der Waals surface area contributed by atoms with Crippen molar-refractivity contribution in [1.29, 1.82) is 0 Å². The minimum Gasteiger partial charge on any atom is -0.465 e. The molecular formula is C15H20FNO2. The molecule has 0 aliphatic heterocycles. The van der Waals surface area contributed by atoms with Crippen molar-refractivity contribution < 1.29 is 13.9 Å². The van der Waals surface area contributed by atoms with Crippen molar-refractivity contribution in [2.75, 3.05) is 13.2 Å². The first-order valence-electron chi connectivity index (χ1n) is 6.87. The fraction of sp³-hybridized carbons (Fsp3) is 0.533. The van der Waals surface area contributed by atoms with Crippen LogP contribution >= 0.6 is 0 Å². The summed E-state index contributed by atoms with van der Waals surface area (Å²) in [6.07, 6.45) is 3.90. The smallest absolute Gasteiger partial charge is 0.308 e. The molecule has 0 radical (unpaired) electrons. The quantitative estimate of drug-likeness (QED) is 0.608. The number of carbonyl (C=O) groups is 1. The average Bonchev–Trinajstić information content (AvgIpc) is 2.31. The van der Waals surface area contributed by atoms with E-state index in [4.69, 9.17) is 4.74 Å². The number of rotatable bonds is 7. The van der Waals surface area contributed by atoms with Crippen molar-refractivity contribution in [2.45, 2.75) is 32.2 Å². The van der Waals surface area contributed by atoms with Crippen molar-refractivity contribution in [2.24, 2.45) is 5.92 Å². The Morgan fingerprint density at radius 1 is 1.42 bits per heavy atom. The van der Waals surface area contributed by atoms with Crippen LogP contribution in [0.3, 0.4) is 0 Å². The van der Waals surface area contributed by atoms with Crippen LogP contribution in [-0.2, 0) is 16.1 Å². The maximum Gasteiger partial charge on any atom is 0.308 e. The van der Waals surface area contributed by atoms with Crippen molar-refractivity contribution in [3.8, 4) is 0 Å². The Bertz CT molecular complexity index is 418. The normalized spacial score (nSPS) is 15.0. The summed E-state index contributed by atoms with van der Waals surface area (Å²) in [6.45, 7) is 1.86. The molecule has 1 aromatic rings. The highest BCUT2D eigenvalue weighted by molar-refractivity contribution is 5.73. The Balaban J connectivity index is 1.51. The largest absolute Gasteiger partial charge is 0.465 e. The summed E-state index contributed by atoms with van der Waals surface area (Å²) in [5, 5.41) is 3.20. The number of hydrogen-bond acceptors (Lipinski definition) is 3. The van der Waals surface area contributed by atoms with Gasteiger partial charge in [0.25, 0.3) is 0 Å². The van der Waals surface area contributed by atoms with Gasteiger partial charge in [0, 0.05) is 6.54 Å². The van der Waals surface area contributed by atoms with Gasteiger partial charge in [-0.15, -0.1) is 0 Å². The monoisotopic (exact) mass is 265 g/mol. The molecule has 0 bridgehead atoms. The zero-order valence-electron chi connectivity index (χ0n) is 11.0. The predicted molar refractivity (Wildman–Crippen MR) is 71.0 cm³/mol. The molecule has 0 heterocycles. The molecule has 0 amide bonds. The van der Waals surface area contributed by atoms with Crippen molar-refractivity contribution in [3.63, 3.8) is 0 Å². The Kier molecular flexibility index (Phi) is 5.33. The molecule has 1 aliphatic carbocycles. The summed E-state index contributed by atoms with van der Waals surface area (Å²) < 4.78 is 18.1. The lowest BCUT2D eigenvalue weighted by Gasteiger charge is -2.23. The summed E-state index contributed by atoms with van der Waals surface area (Å²) in [6, 6.07) is 6.53. The third kappa shape index (κ3) is 4.63. The summed E-state index contributed by atoms with van der Waals surface area (Å²) in [5.41, 5.74) is 0.923. The lowest BCUT2D eigenvalue weighted by molar-refractivity contribution is -0.151. The van der Waals surface area contributed by atoms with Crippen molar-refractivity contribution >= 4 is 5.97 Å². The van der Waals surface area contributed by atoms with Crippen LogP contribution in [0.25, 0.3) is 0 Å². The van der Waals surface area contributed by atoms with Crippen LogP contribution in [0, 0.1) is 11.7 Å². The van der Waals surface area contributed by atoms with Crippen molar-refractivity contribution in [1.82, 2.24) is 5.32 Å². The third-order valence-corrected chi connectivity index (χ3v) is 3.40. The first kappa shape index (κ1) is 14.0. The summed E-state index contributed by atoms with van der Waals surface area (Å²) in [4.78, 5) is 11.4. The van der Waals surface area contributed by atoms with Crippen molar-refractivity contribution in [3.05, 3.63) is 35.6 Å². The van der Waals surface area contributed by atoms with Gasteiger partial charge in [0.05, 0.1) is 12.5 Å². The molecule has 2 rings (SSSR count). The molecule has 0 aromatic heterocycles. The number of hydrogen-bond donors (Lipinski definition) is 1. The molecule has 0 unspecified atom stereocenters. The van der Waals surface area contributed by atoms with E-state index in [2.05, 4.69) is 5.32 Å². The van der Waals surface area contributed by atoms with E-state index in [-0.39, 0.29) is 17.7 Å². The molecule has 19 heavy (non-hydrogen) atoms. The van der Waals surface area contributed by atoms with E-state index in [1.165, 1.54) is 12.1 Å². The molecule has 1 fully saturated rings. The zero-order chi connectivity index (χ0) is 13.5. The fourth-order valence-electron chi connectivity index (χ4n) is 2.01. The van der Waals surface area contributed by atoms with E-state index in [0.29, 0.717) is 13.2 Å². The number of esters is 1. The number of carbonyl (C=O) groups excluding carboxylic acids is 1. The van der Waals surface area contributed by atoms with E-state index in [0.717, 1.165) is 37.8 Å². The van der Waals surface area contributed by atoms with Gasteiger partial charge in [0.15, 0.2) is 0 Å². The molecule has 1 N–H and O–H groups in total. The van der Waals surface area contributed by atoms with Gasteiger partial charge in [-0.25, -0.2) is 4.39 Å². The molecule has 4 heteroatoms. The number of nitrogens with one attached hydrogen (secondary N) is 1. The molecule has 0 spiro atoms. The summed E-state index contributed by atoms with van der Waals surface area (Å²) >= 11 is 0. The zero-order valence-corrected chi connectivity index (χ0v) is 11.0. The highest BCUT2D eigenvalue weighted by atomic mass is 19.1. The number of ether oxygens (including phenoxy) is 1. The first-order valence-corrected chi connectivity index (χ1v) is 6.87. The van der Waals surface area contributed by atoms with Gasteiger partial charge in [0.2, 0.25) is 0 Å². The molecule has 1 aromatic carbocycles. The molecule has 0 saturated heterocycles. The van der Waals surface area contributed by atoms with Crippen LogP contribution in [0.2, 0.25) is 0 Å². The summed E-state index contributed by atoms with van der Waals surface area (Å²) in [5.74, 6) is -0.106. The molecule has 1 saturated carbocycles. The maximum atomic E-state index is 12.9. The Labute approximate surface area is 113 Å². The Morgan fingerprint density at radius 2 is 2.26 bits per heavy atom. The number of halogens is 1. The highest BCUT2D eigenvalue weighted by Crippen LogP contribution is 2.27. The summed E-state index contributed by atoms with van der Waals surface area (Å²) in [7, 11) is 0. The molecule has 0 atom stereocenters. The van der Waals surface area contributed by atoms with Gasteiger partial charge in [0.1, 0.15) is 5.82 Å². The minimum absolute atomic E-state index is 0.0450. The third-order valence-electron chi connectivity index (χ3n) is 3.40. The van der Waals surface area contributed by atoms with E-state index < -0.39 is 0 Å². The van der Waals surface area contributed by atoms with Crippen LogP contribution < -0.4 is 5.32 Å². The first-order chi connectivity index (χ1) is 9.25. The van der Waals surface area contributed by atoms with E-state index in [1.54, 1.807) is 6.07 Å². The molecule has 104 valence electrons. The average molecular weight is 265 g/mol. The Morgan fingerprint density at radius 3 is 2.95 bits per heavy atom. The lowest BCUT2D eigenvalue weighted by Crippen LogP contribution is -2.25. The number of benzene rings is 1. The van der Waals surface area contributed by atoms with Gasteiger partial charge in [-0.3, -0.25) is 4.79 Å². The van der Waals surface area contributed by atoms with Crippen LogP contribution in [-0.4, -0.2) is 19.1 Å². The predicted octanol–water partition coefficient (Wildman–Crippen LogP) is 2.65. The minimum atomic E-state index is -0.214. The molecular weight excluding hydrogens is 245 g/mol. The van der Waals surface area contributed by atoms with Gasteiger partial charge >= 0.3 is 5.97 Å². The van der Waals surface area contributed by atoms with E-state index >= 15 is 0 Å². The van der Waals surface area contributed by atoms with Gasteiger partial charge in [-0.05, 0) is 43.5 Å². The van der Waals surface area contributed by atoms with Gasteiger partial charge in [-0.1, -0.05) is 18.6 Å². The second-order valence-electron chi connectivity index (χ2n) is 4.96. The second kappa shape index (κ2) is 7.24. The maximum absolute atomic E-state index is 12.9. The lowest BCUT2D eigenvalue weighted by atomic mass is 9.86.